The summed E-state index contributed by atoms with van der Waals surface area (Å²) in [4.78, 5) is 12.0. The molecule has 0 aromatic heterocycles. The quantitative estimate of drug-likeness (QED) is 0.865. The van der Waals surface area contributed by atoms with Gasteiger partial charge in [-0.1, -0.05) is 11.6 Å². The highest BCUT2D eigenvalue weighted by Gasteiger charge is 2.22. The topological polar surface area (TPSA) is 75.3 Å². The maximum Gasteiger partial charge on any atom is 0.242 e. The summed E-state index contributed by atoms with van der Waals surface area (Å²) < 4.78 is 39.4. The molecule has 0 saturated carbocycles. The Morgan fingerprint density at radius 2 is 1.65 bits per heavy atom. The van der Waals surface area contributed by atoms with Crippen molar-refractivity contribution in [1.82, 2.24) is 4.72 Å². The summed E-state index contributed by atoms with van der Waals surface area (Å²) in [7, 11) is -3.85. The number of sulfonamides is 1. The van der Waals surface area contributed by atoms with E-state index in [1.54, 1.807) is 0 Å². The number of amides is 1. The lowest BCUT2D eigenvalue weighted by Gasteiger charge is -2.14. The van der Waals surface area contributed by atoms with E-state index in [0.717, 1.165) is 0 Å². The Balaban J connectivity index is 2.05. The van der Waals surface area contributed by atoms with Crippen LogP contribution in [0.2, 0.25) is 5.02 Å². The molecule has 0 unspecified atom stereocenters. The smallest absolute Gasteiger partial charge is 0.242 e. The largest absolute Gasteiger partial charge is 0.325 e. The second-order valence-corrected chi connectivity index (χ2v) is 6.94. The third kappa shape index (κ3) is 4.75. The number of halogens is 2. The summed E-state index contributed by atoms with van der Waals surface area (Å²) in [5, 5.41) is 2.91. The van der Waals surface area contributed by atoms with Crippen LogP contribution in [0.5, 0.6) is 0 Å². The van der Waals surface area contributed by atoms with Crippen LogP contribution in [0, 0.1) is 5.82 Å². The zero-order chi connectivity index (χ0) is 17.0. The molecule has 122 valence electrons. The molecule has 8 heteroatoms. The molecule has 1 amide bonds. The Kier molecular flexibility index (Phi) is 5.35. The second kappa shape index (κ2) is 7.08. The van der Waals surface area contributed by atoms with Gasteiger partial charge in [0.15, 0.2) is 0 Å². The number of rotatable bonds is 5. The van der Waals surface area contributed by atoms with Gasteiger partial charge < -0.3 is 5.32 Å². The minimum atomic E-state index is -3.85. The van der Waals surface area contributed by atoms with Crippen molar-refractivity contribution in [2.24, 2.45) is 0 Å². The Bertz CT molecular complexity index is 792. The number of carbonyl (C=O) groups excluding carboxylic acids is 1. The molecule has 5 nitrogen and oxygen atoms in total. The minimum absolute atomic E-state index is 0.00309. The second-order valence-electron chi connectivity index (χ2n) is 4.79. The van der Waals surface area contributed by atoms with Crippen molar-refractivity contribution >= 4 is 33.2 Å². The van der Waals surface area contributed by atoms with Gasteiger partial charge in [-0.25, -0.2) is 12.8 Å². The Morgan fingerprint density at radius 3 is 2.22 bits per heavy atom. The summed E-state index contributed by atoms with van der Waals surface area (Å²) in [5.74, 6) is -0.992. The van der Waals surface area contributed by atoms with E-state index in [9.17, 15) is 17.6 Å². The van der Waals surface area contributed by atoms with Crippen LogP contribution in [0.15, 0.2) is 53.4 Å². The SMILES string of the molecule is C[C@@H](NS(=O)(=O)c1ccc(Cl)cc1)C(=O)Nc1ccc(F)cc1. The fraction of sp³-hybridized carbons (Fsp3) is 0.133. The van der Waals surface area contributed by atoms with Gasteiger partial charge in [0.1, 0.15) is 5.82 Å². The molecule has 0 heterocycles. The van der Waals surface area contributed by atoms with E-state index >= 15 is 0 Å². The maximum atomic E-state index is 12.8. The van der Waals surface area contributed by atoms with E-state index in [1.807, 2.05) is 0 Å². The molecule has 0 bridgehead atoms. The van der Waals surface area contributed by atoms with Crippen molar-refractivity contribution in [3.63, 3.8) is 0 Å². The van der Waals surface area contributed by atoms with Crippen LogP contribution in [0.1, 0.15) is 6.92 Å². The van der Waals surface area contributed by atoms with Gasteiger partial charge in [0, 0.05) is 10.7 Å². The van der Waals surface area contributed by atoms with Crippen LogP contribution in [0.4, 0.5) is 10.1 Å². The van der Waals surface area contributed by atoms with E-state index < -0.39 is 27.8 Å². The monoisotopic (exact) mass is 356 g/mol. The summed E-state index contributed by atoms with van der Waals surface area (Å²) in [6.45, 7) is 1.41. The number of hydrogen-bond donors (Lipinski definition) is 2. The number of anilines is 1. The number of nitrogens with one attached hydrogen (secondary N) is 2. The molecule has 0 spiro atoms. The van der Waals surface area contributed by atoms with Gasteiger partial charge in [0.2, 0.25) is 15.9 Å². The third-order valence-electron chi connectivity index (χ3n) is 2.96. The molecule has 2 rings (SSSR count). The molecule has 0 aliphatic rings. The fourth-order valence-corrected chi connectivity index (χ4v) is 3.08. The van der Waals surface area contributed by atoms with Crippen LogP contribution < -0.4 is 10.0 Å². The van der Waals surface area contributed by atoms with Crippen molar-refractivity contribution in [3.8, 4) is 0 Å². The van der Waals surface area contributed by atoms with Gasteiger partial charge in [-0.15, -0.1) is 0 Å². The standard InChI is InChI=1S/C15H14ClFN2O3S/c1-10(15(20)18-13-6-4-12(17)5-7-13)19-23(21,22)14-8-2-11(16)3-9-14/h2-10,19H,1H3,(H,18,20)/t10-/m1/s1. The third-order valence-corrected chi connectivity index (χ3v) is 4.77. The predicted octanol–water partition coefficient (Wildman–Crippen LogP) is 2.78. The van der Waals surface area contributed by atoms with Crippen LogP contribution in [0.3, 0.4) is 0 Å². The number of carbonyl (C=O) groups is 1. The number of benzene rings is 2. The van der Waals surface area contributed by atoms with Crippen molar-refractivity contribution in [3.05, 3.63) is 59.4 Å². The average Bonchev–Trinajstić information content (AvgIpc) is 2.49. The summed E-state index contributed by atoms with van der Waals surface area (Å²) >= 11 is 5.71. The zero-order valence-corrected chi connectivity index (χ0v) is 13.7. The number of hydrogen-bond acceptors (Lipinski definition) is 3. The molecule has 0 fully saturated rings. The highest BCUT2D eigenvalue weighted by molar-refractivity contribution is 7.89. The first kappa shape index (κ1) is 17.4. The zero-order valence-electron chi connectivity index (χ0n) is 12.1. The Labute approximate surface area is 138 Å². The minimum Gasteiger partial charge on any atom is -0.325 e. The lowest BCUT2D eigenvalue weighted by molar-refractivity contribution is -0.117. The Hall–Kier alpha value is -1.96. The predicted molar refractivity (Wildman–Crippen MR) is 86.3 cm³/mol. The van der Waals surface area contributed by atoms with Crippen LogP contribution in [-0.4, -0.2) is 20.4 Å². The lowest BCUT2D eigenvalue weighted by Crippen LogP contribution is -2.41. The highest BCUT2D eigenvalue weighted by Crippen LogP contribution is 2.14. The van der Waals surface area contributed by atoms with E-state index in [1.165, 1.54) is 55.5 Å². The van der Waals surface area contributed by atoms with E-state index in [-0.39, 0.29) is 4.90 Å². The summed E-state index contributed by atoms with van der Waals surface area (Å²) in [6, 6.07) is 9.71. The normalized spacial score (nSPS) is 12.7. The first-order chi connectivity index (χ1) is 10.8. The maximum absolute atomic E-state index is 12.8. The van der Waals surface area contributed by atoms with Crippen LogP contribution in [-0.2, 0) is 14.8 Å². The molecule has 0 radical (unpaired) electrons. The molecule has 23 heavy (non-hydrogen) atoms. The average molecular weight is 357 g/mol. The highest BCUT2D eigenvalue weighted by atomic mass is 35.5. The van der Waals surface area contributed by atoms with Gasteiger partial charge in [-0.3, -0.25) is 4.79 Å². The molecule has 2 aromatic carbocycles. The summed E-state index contributed by atoms with van der Waals surface area (Å²) in [5.41, 5.74) is 0.369. The van der Waals surface area contributed by atoms with Crippen molar-refractivity contribution < 1.29 is 17.6 Å². The molecule has 2 N–H and O–H groups in total. The lowest BCUT2D eigenvalue weighted by atomic mass is 10.3. The first-order valence-electron chi connectivity index (χ1n) is 6.62. The Morgan fingerprint density at radius 1 is 1.09 bits per heavy atom. The van der Waals surface area contributed by atoms with Gasteiger partial charge in [0.25, 0.3) is 0 Å². The molecule has 0 aliphatic heterocycles. The van der Waals surface area contributed by atoms with Crippen LogP contribution in [0.25, 0.3) is 0 Å². The van der Waals surface area contributed by atoms with Gasteiger partial charge in [-0.05, 0) is 55.5 Å². The van der Waals surface area contributed by atoms with E-state index in [2.05, 4.69) is 10.0 Å². The van der Waals surface area contributed by atoms with Crippen molar-refractivity contribution in [1.29, 1.82) is 0 Å². The molecule has 0 aliphatic carbocycles. The van der Waals surface area contributed by atoms with E-state index in [4.69, 9.17) is 11.6 Å². The van der Waals surface area contributed by atoms with Gasteiger partial charge >= 0.3 is 0 Å². The molecular weight excluding hydrogens is 343 g/mol. The molecule has 2 aromatic rings. The van der Waals surface area contributed by atoms with Gasteiger partial charge in [-0.2, -0.15) is 4.72 Å². The molecule has 0 saturated heterocycles. The van der Waals surface area contributed by atoms with E-state index in [0.29, 0.717) is 10.7 Å². The van der Waals surface area contributed by atoms with Crippen molar-refractivity contribution in [2.75, 3.05) is 5.32 Å². The summed E-state index contributed by atoms with van der Waals surface area (Å²) in [6.07, 6.45) is 0. The van der Waals surface area contributed by atoms with Gasteiger partial charge in [0.05, 0.1) is 10.9 Å². The first-order valence-corrected chi connectivity index (χ1v) is 8.48. The fourth-order valence-electron chi connectivity index (χ4n) is 1.75. The van der Waals surface area contributed by atoms with Crippen molar-refractivity contribution in [2.45, 2.75) is 17.9 Å². The van der Waals surface area contributed by atoms with Crippen LogP contribution >= 0.6 is 11.6 Å². The molecular formula is C15H14ClFN2O3S. The molecule has 1 atom stereocenters.